The lowest BCUT2D eigenvalue weighted by Crippen LogP contribution is -2.45. The number of anilines is 2. The van der Waals surface area contributed by atoms with Crippen LogP contribution < -0.4 is 16.2 Å². The third-order valence-electron chi connectivity index (χ3n) is 4.73. The molecule has 2 bridgehead atoms. The van der Waals surface area contributed by atoms with Gasteiger partial charge in [0, 0.05) is 24.1 Å². The number of hydrazine groups is 1. The summed E-state index contributed by atoms with van der Waals surface area (Å²) in [5, 5.41) is 9.97. The third kappa shape index (κ3) is 2.58. The van der Waals surface area contributed by atoms with Crippen molar-refractivity contribution in [1.29, 1.82) is 0 Å². The zero-order valence-corrected chi connectivity index (χ0v) is 12.8. The summed E-state index contributed by atoms with van der Waals surface area (Å²) in [6.45, 7) is 4.14. The molecule has 4 N–H and O–H groups in total. The predicted octanol–water partition coefficient (Wildman–Crippen LogP) is 1.52. The van der Waals surface area contributed by atoms with Gasteiger partial charge in [-0.3, -0.25) is 0 Å². The summed E-state index contributed by atoms with van der Waals surface area (Å²) in [5.41, 5.74) is 3.71. The van der Waals surface area contributed by atoms with Crippen LogP contribution in [0.3, 0.4) is 0 Å². The molecule has 2 aliphatic heterocycles. The first-order valence-electron chi connectivity index (χ1n) is 7.94. The van der Waals surface area contributed by atoms with Crippen LogP contribution in [0.25, 0.3) is 0 Å². The number of fused-ring (bicyclic) bond motifs is 2. The summed E-state index contributed by atoms with van der Waals surface area (Å²) in [6.07, 6.45) is 5.66. The molecule has 0 aliphatic carbocycles. The Balaban J connectivity index is 1.99. The highest BCUT2D eigenvalue weighted by Gasteiger charge is 2.41. The Bertz CT molecular complexity index is 507. The van der Waals surface area contributed by atoms with Crippen molar-refractivity contribution >= 4 is 11.6 Å². The molecule has 2 unspecified atom stereocenters. The first-order chi connectivity index (χ1) is 10.1. The topological polar surface area (TPSA) is 87.3 Å². The second-order valence-electron chi connectivity index (χ2n) is 6.25. The van der Waals surface area contributed by atoms with Crippen LogP contribution in [0.4, 0.5) is 11.6 Å². The fourth-order valence-corrected chi connectivity index (χ4v) is 3.77. The van der Waals surface area contributed by atoms with Crippen molar-refractivity contribution in [2.75, 3.05) is 10.3 Å². The molecule has 3 heterocycles. The number of nitrogens with one attached hydrogen (secondary N) is 1. The van der Waals surface area contributed by atoms with E-state index in [1.807, 2.05) is 6.92 Å². The molecule has 0 aromatic carbocycles. The van der Waals surface area contributed by atoms with Crippen LogP contribution in [0.1, 0.15) is 50.4 Å². The summed E-state index contributed by atoms with van der Waals surface area (Å²) in [5.74, 6) is 8.18. The number of aliphatic hydroxyl groups excluding tert-OH is 1. The molecule has 3 rings (SSSR count). The largest absolute Gasteiger partial charge is 0.393 e. The molecule has 21 heavy (non-hydrogen) atoms. The minimum Gasteiger partial charge on any atom is -0.393 e. The smallest absolute Gasteiger partial charge is 0.148 e. The first kappa shape index (κ1) is 14.5. The lowest BCUT2D eigenvalue weighted by Gasteiger charge is -2.39. The maximum atomic E-state index is 9.97. The van der Waals surface area contributed by atoms with Crippen LogP contribution >= 0.6 is 0 Å². The molecule has 2 aliphatic rings. The molecule has 6 heteroatoms. The quantitative estimate of drug-likeness (QED) is 0.576. The van der Waals surface area contributed by atoms with E-state index >= 15 is 0 Å². The highest BCUT2D eigenvalue weighted by Crippen LogP contribution is 2.40. The van der Waals surface area contributed by atoms with Gasteiger partial charge >= 0.3 is 0 Å². The van der Waals surface area contributed by atoms with Crippen LogP contribution in [-0.2, 0) is 6.42 Å². The lowest BCUT2D eigenvalue weighted by molar-refractivity contribution is 0.126. The molecular weight excluding hydrogens is 266 g/mol. The van der Waals surface area contributed by atoms with Crippen molar-refractivity contribution in [3.8, 4) is 0 Å². The average molecular weight is 291 g/mol. The second kappa shape index (κ2) is 5.77. The summed E-state index contributed by atoms with van der Waals surface area (Å²) >= 11 is 0. The molecule has 0 radical (unpaired) electrons. The van der Waals surface area contributed by atoms with E-state index in [-0.39, 0.29) is 6.10 Å². The zero-order valence-electron chi connectivity index (χ0n) is 12.8. The van der Waals surface area contributed by atoms with Gasteiger partial charge in [-0.15, -0.1) is 0 Å². The number of aryl methyl sites for hydroxylation is 1. The second-order valence-corrected chi connectivity index (χ2v) is 6.25. The van der Waals surface area contributed by atoms with Crippen molar-refractivity contribution in [3.05, 3.63) is 11.4 Å². The fraction of sp³-hybridized carbons (Fsp3) is 0.733. The van der Waals surface area contributed by atoms with E-state index < -0.39 is 0 Å². The van der Waals surface area contributed by atoms with Gasteiger partial charge in [0.05, 0.1) is 6.10 Å². The maximum Gasteiger partial charge on any atom is 0.148 e. The Morgan fingerprint density at radius 3 is 2.52 bits per heavy atom. The Morgan fingerprint density at radius 2 is 1.95 bits per heavy atom. The molecule has 2 atom stereocenters. The van der Waals surface area contributed by atoms with Gasteiger partial charge in [-0.05, 0) is 39.0 Å². The normalized spacial score (nSPS) is 28.0. The summed E-state index contributed by atoms with van der Waals surface area (Å²) in [6, 6.07) is 0.792. The SMILES string of the molecule is CCCc1nc(NN)c(C)c(N2C3CCC2CC(O)C3)n1. The molecule has 0 saturated carbocycles. The van der Waals surface area contributed by atoms with Gasteiger partial charge in [0.15, 0.2) is 0 Å². The highest BCUT2D eigenvalue weighted by atomic mass is 16.3. The Labute approximate surface area is 125 Å². The summed E-state index contributed by atoms with van der Waals surface area (Å²) in [7, 11) is 0. The van der Waals surface area contributed by atoms with Gasteiger partial charge in [0.2, 0.25) is 0 Å². The molecule has 6 nitrogen and oxygen atoms in total. The molecule has 2 fully saturated rings. The molecule has 1 aromatic rings. The van der Waals surface area contributed by atoms with Crippen molar-refractivity contribution in [2.45, 2.75) is 70.6 Å². The summed E-state index contributed by atoms with van der Waals surface area (Å²) < 4.78 is 0. The summed E-state index contributed by atoms with van der Waals surface area (Å²) in [4.78, 5) is 11.7. The van der Waals surface area contributed by atoms with Gasteiger partial charge in [0.25, 0.3) is 0 Å². The Morgan fingerprint density at radius 1 is 1.29 bits per heavy atom. The Hall–Kier alpha value is -1.40. The number of aromatic nitrogens is 2. The van der Waals surface area contributed by atoms with E-state index in [2.05, 4.69) is 22.2 Å². The van der Waals surface area contributed by atoms with E-state index in [1.165, 1.54) is 0 Å². The number of hydrogen-bond acceptors (Lipinski definition) is 6. The third-order valence-corrected chi connectivity index (χ3v) is 4.73. The van der Waals surface area contributed by atoms with Gasteiger partial charge in [-0.2, -0.15) is 0 Å². The molecule has 0 spiro atoms. The van der Waals surface area contributed by atoms with E-state index in [4.69, 9.17) is 10.8 Å². The minimum absolute atomic E-state index is 0.164. The molecule has 0 amide bonds. The number of nitrogens with two attached hydrogens (primary N) is 1. The average Bonchev–Trinajstić information content (AvgIpc) is 2.72. The fourth-order valence-electron chi connectivity index (χ4n) is 3.77. The van der Waals surface area contributed by atoms with Crippen LogP contribution in [0.5, 0.6) is 0 Å². The Kier molecular flexibility index (Phi) is 3.99. The van der Waals surface area contributed by atoms with Crippen molar-refractivity contribution in [2.24, 2.45) is 5.84 Å². The number of aliphatic hydroxyl groups is 1. The highest BCUT2D eigenvalue weighted by molar-refractivity contribution is 5.60. The monoisotopic (exact) mass is 291 g/mol. The van der Waals surface area contributed by atoms with Gasteiger partial charge in [0.1, 0.15) is 17.5 Å². The van der Waals surface area contributed by atoms with Crippen LogP contribution in [-0.4, -0.2) is 33.3 Å². The van der Waals surface area contributed by atoms with Gasteiger partial charge in [-0.1, -0.05) is 6.92 Å². The van der Waals surface area contributed by atoms with E-state index in [0.717, 1.165) is 55.7 Å². The van der Waals surface area contributed by atoms with E-state index in [0.29, 0.717) is 17.9 Å². The van der Waals surface area contributed by atoms with Crippen LogP contribution in [0.2, 0.25) is 0 Å². The van der Waals surface area contributed by atoms with Crippen LogP contribution in [0, 0.1) is 6.92 Å². The minimum atomic E-state index is -0.164. The van der Waals surface area contributed by atoms with Gasteiger partial charge < -0.3 is 15.4 Å². The predicted molar refractivity (Wildman–Crippen MR) is 83.1 cm³/mol. The molecule has 1 aromatic heterocycles. The number of rotatable bonds is 4. The van der Waals surface area contributed by atoms with Crippen LogP contribution in [0.15, 0.2) is 0 Å². The van der Waals surface area contributed by atoms with Gasteiger partial charge in [-0.25, -0.2) is 15.8 Å². The lowest BCUT2D eigenvalue weighted by atomic mass is 9.99. The molecular formula is C15H25N5O. The van der Waals surface area contributed by atoms with E-state index in [1.54, 1.807) is 0 Å². The molecule has 2 saturated heterocycles. The number of piperidine rings is 1. The zero-order chi connectivity index (χ0) is 15.0. The van der Waals surface area contributed by atoms with Crippen molar-refractivity contribution in [3.63, 3.8) is 0 Å². The van der Waals surface area contributed by atoms with Crippen molar-refractivity contribution < 1.29 is 5.11 Å². The standard InChI is InChI=1S/C15H25N5O/c1-3-4-13-17-14(19-16)9(2)15(18-13)20-10-5-6-11(20)8-12(21)7-10/h10-12,21H,3-8,16H2,1-2H3,(H,17,18,19). The maximum absolute atomic E-state index is 9.97. The molecule has 116 valence electrons. The number of hydrogen-bond donors (Lipinski definition) is 3. The van der Waals surface area contributed by atoms with Crippen molar-refractivity contribution in [1.82, 2.24) is 9.97 Å². The first-order valence-corrected chi connectivity index (χ1v) is 7.94. The van der Waals surface area contributed by atoms with E-state index in [9.17, 15) is 5.11 Å². The number of nitrogen functional groups attached to an aromatic ring is 1. The number of nitrogens with zero attached hydrogens (tertiary/aromatic N) is 3.